The van der Waals surface area contributed by atoms with Crippen molar-refractivity contribution in [2.75, 3.05) is 38.2 Å². The van der Waals surface area contributed by atoms with Crippen molar-refractivity contribution in [1.29, 1.82) is 0 Å². The van der Waals surface area contributed by atoms with Crippen molar-refractivity contribution in [1.82, 2.24) is 13.7 Å². The Balaban J connectivity index is 1.37. The molecular formula is C22H25ClN4OS. The minimum Gasteiger partial charge on any atom is -0.495 e. The van der Waals surface area contributed by atoms with Gasteiger partial charge in [0.2, 0.25) is 0 Å². The number of pyridine rings is 1. The molecule has 0 atom stereocenters. The first-order valence-corrected chi connectivity index (χ1v) is 11.3. The number of ether oxygens (including phenoxy) is 1. The van der Waals surface area contributed by atoms with E-state index in [1.165, 1.54) is 18.5 Å². The number of hydrogen-bond donors (Lipinski definition) is 0. The van der Waals surface area contributed by atoms with Gasteiger partial charge in [-0.25, -0.2) is 9.29 Å². The van der Waals surface area contributed by atoms with Gasteiger partial charge in [-0.3, -0.25) is 0 Å². The molecule has 2 aromatic heterocycles. The van der Waals surface area contributed by atoms with Gasteiger partial charge in [0.25, 0.3) is 0 Å². The highest BCUT2D eigenvalue weighted by Gasteiger charge is 2.27. The summed E-state index contributed by atoms with van der Waals surface area (Å²) >= 11 is 8.41. The van der Waals surface area contributed by atoms with E-state index in [-0.39, 0.29) is 0 Å². The van der Waals surface area contributed by atoms with Crippen molar-refractivity contribution in [2.45, 2.75) is 25.0 Å². The number of hydrogen-bond acceptors (Lipinski definition) is 5. The number of imidazole rings is 1. The molecule has 5 rings (SSSR count). The zero-order chi connectivity index (χ0) is 20.0. The molecule has 2 aliphatic rings. The van der Waals surface area contributed by atoms with Gasteiger partial charge in [0.15, 0.2) is 0 Å². The number of halogens is 1. The first-order chi connectivity index (χ1) is 14.1. The van der Waals surface area contributed by atoms with E-state index in [9.17, 15) is 0 Å². The van der Waals surface area contributed by atoms with E-state index in [0.717, 1.165) is 53.9 Å². The molecule has 1 aliphatic carbocycles. The Hall–Kier alpha value is -1.89. The summed E-state index contributed by atoms with van der Waals surface area (Å²) in [6.07, 6.45) is 6.95. The van der Waals surface area contributed by atoms with Crippen LogP contribution in [0, 0.1) is 6.92 Å². The van der Waals surface area contributed by atoms with Crippen molar-refractivity contribution >= 4 is 34.9 Å². The normalized spacial score (nSPS) is 17.8. The number of aromatic nitrogens is 2. The number of anilines is 1. The largest absolute Gasteiger partial charge is 0.495 e. The highest BCUT2D eigenvalue weighted by Crippen LogP contribution is 2.37. The fourth-order valence-electron chi connectivity index (χ4n) is 3.82. The van der Waals surface area contributed by atoms with Gasteiger partial charge in [-0.2, -0.15) is 0 Å². The van der Waals surface area contributed by atoms with Crippen LogP contribution < -0.4 is 9.64 Å². The van der Waals surface area contributed by atoms with Gasteiger partial charge in [0.05, 0.1) is 17.8 Å². The van der Waals surface area contributed by atoms with Crippen molar-refractivity contribution in [3.63, 3.8) is 0 Å². The summed E-state index contributed by atoms with van der Waals surface area (Å²) in [5.41, 5.74) is 5.26. The van der Waals surface area contributed by atoms with Gasteiger partial charge in [-0.05, 0) is 43.5 Å². The van der Waals surface area contributed by atoms with Crippen LogP contribution in [0.15, 0.2) is 36.7 Å². The minimum atomic E-state index is 0.604. The molecule has 152 valence electrons. The monoisotopic (exact) mass is 428 g/mol. The van der Waals surface area contributed by atoms with Crippen LogP contribution in [-0.4, -0.2) is 52.2 Å². The average molecular weight is 429 g/mol. The SMILES string of the molecule is COc1cc(C)c(-c2cn3ccc(N4CCN(SC5CC5)CC4)cc3n2)cc1Cl. The number of fused-ring (bicyclic) bond motifs is 1. The molecule has 0 bridgehead atoms. The summed E-state index contributed by atoms with van der Waals surface area (Å²) in [5, 5.41) is 1.49. The predicted octanol–water partition coefficient (Wildman–Crippen LogP) is 4.90. The van der Waals surface area contributed by atoms with E-state index < -0.39 is 0 Å². The molecule has 1 aromatic carbocycles. The lowest BCUT2D eigenvalue weighted by Gasteiger charge is -2.35. The predicted molar refractivity (Wildman–Crippen MR) is 121 cm³/mol. The summed E-state index contributed by atoms with van der Waals surface area (Å²) in [4.78, 5) is 7.35. The number of benzene rings is 1. The third-order valence-corrected chi connectivity index (χ3v) is 7.37. The van der Waals surface area contributed by atoms with E-state index in [1.54, 1.807) is 7.11 Å². The van der Waals surface area contributed by atoms with Gasteiger partial charge < -0.3 is 14.0 Å². The molecule has 29 heavy (non-hydrogen) atoms. The topological polar surface area (TPSA) is 33.0 Å². The highest BCUT2D eigenvalue weighted by molar-refractivity contribution is 7.97. The number of methoxy groups -OCH3 is 1. The van der Waals surface area contributed by atoms with Crippen molar-refractivity contribution in [2.24, 2.45) is 0 Å². The molecule has 1 saturated heterocycles. The summed E-state index contributed by atoms with van der Waals surface area (Å²) < 4.78 is 9.94. The van der Waals surface area contributed by atoms with Crippen LogP contribution in [0.3, 0.4) is 0 Å². The highest BCUT2D eigenvalue weighted by atomic mass is 35.5. The maximum atomic E-state index is 6.35. The molecule has 3 aromatic rings. The molecule has 5 nitrogen and oxygen atoms in total. The molecule has 0 amide bonds. The van der Waals surface area contributed by atoms with Crippen LogP contribution in [0.1, 0.15) is 18.4 Å². The third kappa shape index (κ3) is 3.93. The van der Waals surface area contributed by atoms with E-state index in [1.807, 2.05) is 12.1 Å². The van der Waals surface area contributed by atoms with Crippen molar-refractivity contribution in [3.8, 4) is 17.0 Å². The van der Waals surface area contributed by atoms with E-state index in [2.05, 4.69) is 57.0 Å². The quantitative estimate of drug-likeness (QED) is 0.539. The Labute approximate surface area is 180 Å². The smallest absolute Gasteiger partial charge is 0.139 e. The van der Waals surface area contributed by atoms with Crippen LogP contribution in [-0.2, 0) is 0 Å². The molecule has 1 aliphatic heterocycles. The number of rotatable bonds is 5. The molecule has 3 heterocycles. The summed E-state index contributed by atoms with van der Waals surface area (Å²) in [5.74, 6) is 0.693. The van der Waals surface area contributed by atoms with Crippen LogP contribution >= 0.6 is 23.5 Å². The molecule has 0 radical (unpaired) electrons. The lowest BCUT2D eigenvalue weighted by Crippen LogP contribution is -2.43. The lowest BCUT2D eigenvalue weighted by molar-refractivity contribution is 0.415. The molecule has 7 heteroatoms. The van der Waals surface area contributed by atoms with E-state index in [4.69, 9.17) is 21.3 Å². The summed E-state index contributed by atoms with van der Waals surface area (Å²) in [7, 11) is 1.64. The standard InChI is InChI=1S/C22H25ClN4OS/c1-15-11-21(28-2)19(23)13-18(15)20-14-26-6-5-16(12-22(26)24-20)25-7-9-27(10-8-25)29-17-3-4-17/h5-6,11-14,17H,3-4,7-10H2,1-2H3. The first kappa shape index (κ1) is 19.1. The van der Waals surface area contributed by atoms with Crippen molar-refractivity contribution in [3.05, 3.63) is 47.2 Å². The van der Waals surface area contributed by atoms with Gasteiger partial charge in [-0.15, -0.1) is 0 Å². The molecular weight excluding hydrogens is 404 g/mol. The van der Waals surface area contributed by atoms with Gasteiger partial charge in [-0.1, -0.05) is 23.5 Å². The maximum absolute atomic E-state index is 6.35. The van der Waals surface area contributed by atoms with E-state index in [0.29, 0.717) is 10.8 Å². The fraction of sp³-hybridized carbons (Fsp3) is 0.409. The van der Waals surface area contributed by atoms with Crippen LogP contribution in [0.25, 0.3) is 16.9 Å². The van der Waals surface area contributed by atoms with Gasteiger partial charge in [0, 0.05) is 61.1 Å². The Morgan fingerprint density at radius 1 is 1.14 bits per heavy atom. The molecule has 1 saturated carbocycles. The molecule has 0 N–H and O–H groups in total. The second-order valence-electron chi connectivity index (χ2n) is 7.80. The Morgan fingerprint density at radius 3 is 2.66 bits per heavy atom. The third-order valence-electron chi connectivity index (χ3n) is 5.64. The van der Waals surface area contributed by atoms with Crippen LogP contribution in [0.4, 0.5) is 5.69 Å². The Bertz CT molecular complexity index is 1040. The number of piperazine rings is 1. The fourth-order valence-corrected chi connectivity index (χ4v) is 5.20. The second-order valence-corrected chi connectivity index (χ2v) is 9.60. The minimum absolute atomic E-state index is 0.604. The van der Waals surface area contributed by atoms with E-state index >= 15 is 0 Å². The zero-order valence-electron chi connectivity index (χ0n) is 16.8. The summed E-state index contributed by atoms with van der Waals surface area (Å²) in [6, 6.07) is 8.28. The number of nitrogens with zero attached hydrogens (tertiary/aromatic N) is 4. The lowest BCUT2D eigenvalue weighted by atomic mass is 10.1. The average Bonchev–Trinajstić information content (AvgIpc) is 3.44. The van der Waals surface area contributed by atoms with Gasteiger partial charge in [0.1, 0.15) is 11.4 Å². The van der Waals surface area contributed by atoms with Crippen LogP contribution in [0.5, 0.6) is 5.75 Å². The first-order valence-electron chi connectivity index (χ1n) is 10.1. The maximum Gasteiger partial charge on any atom is 0.139 e. The summed E-state index contributed by atoms with van der Waals surface area (Å²) in [6.45, 7) is 6.43. The second kappa shape index (κ2) is 7.74. The zero-order valence-corrected chi connectivity index (χ0v) is 18.3. The number of aryl methyl sites for hydroxylation is 1. The Morgan fingerprint density at radius 2 is 1.93 bits per heavy atom. The molecule has 0 spiro atoms. The van der Waals surface area contributed by atoms with Crippen LogP contribution in [0.2, 0.25) is 5.02 Å². The molecule has 0 unspecified atom stereocenters. The van der Waals surface area contributed by atoms with Gasteiger partial charge >= 0.3 is 0 Å². The van der Waals surface area contributed by atoms with Crippen molar-refractivity contribution < 1.29 is 4.74 Å². The molecule has 2 fully saturated rings. The Kier molecular flexibility index (Phi) is 5.10.